The van der Waals surface area contributed by atoms with Crippen LogP contribution in [0.5, 0.6) is 0 Å². The van der Waals surface area contributed by atoms with Crippen molar-refractivity contribution >= 4 is 23.2 Å². The molecule has 7 nitrogen and oxygen atoms in total. The van der Waals surface area contributed by atoms with E-state index in [1.165, 1.54) is 13.1 Å². The van der Waals surface area contributed by atoms with E-state index in [1.807, 2.05) is 41.5 Å². The number of carbonyl (C=O) groups is 1. The largest absolute Gasteiger partial charge is 0.328 e. The van der Waals surface area contributed by atoms with Crippen molar-refractivity contribution in [2.75, 3.05) is 33.2 Å². The summed E-state index contributed by atoms with van der Waals surface area (Å²) >= 11 is 6.37. The second-order valence-electron chi connectivity index (χ2n) is 10.0. The molecule has 3 aliphatic rings. The lowest BCUT2D eigenvalue weighted by atomic mass is 10.0. The SMILES string of the molecule is Cc1nc2c3c(nn2c(C)c1Cl)CN(C(=O)c1ccccc1CN1C[C@H]2CN(C)C[C@H]2C1)C3. The fourth-order valence-corrected chi connectivity index (χ4v) is 6.11. The monoisotopic (exact) mass is 464 g/mol. The predicted octanol–water partition coefficient (Wildman–Crippen LogP) is 3.15. The number of aryl methyl sites for hydroxylation is 2. The van der Waals surface area contributed by atoms with E-state index in [0.717, 1.165) is 70.9 Å². The van der Waals surface area contributed by atoms with Crippen LogP contribution in [0.2, 0.25) is 5.02 Å². The number of nitrogens with zero attached hydrogens (tertiary/aromatic N) is 6. The van der Waals surface area contributed by atoms with Crippen molar-refractivity contribution in [2.45, 2.75) is 33.5 Å². The second-order valence-corrected chi connectivity index (χ2v) is 10.4. The molecule has 0 aliphatic carbocycles. The maximum atomic E-state index is 13.6. The average Bonchev–Trinajstić information content (AvgIpc) is 3.52. The van der Waals surface area contributed by atoms with Crippen molar-refractivity contribution in [3.8, 4) is 0 Å². The van der Waals surface area contributed by atoms with Crippen LogP contribution >= 0.6 is 11.6 Å². The molecule has 3 aromatic rings. The van der Waals surface area contributed by atoms with Crippen LogP contribution in [0.4, 0.5) is 0 Å². The summed E-state index contributed by atoms with van der Waals surface area (Å²) in [5.41, 5.74) is 6.35. The third-order valence-corrected chi connectivity index (χ3v) is 8.18. The topological polar surface area (TPSA) is 57.0 Å². The highest BCUT2D eigenvalue weighted by Gasteiger charge is 2.39. The first-order valence-corrected chi connectivity index (χ1v) is 12.1. The van der Waals surface area contributed by atoms with Gasteiger partial charge in [0.1, 0.15) is 0 Å². The zero-order valence-electron chi connectivity index (χ0n) is 19.4. The minimum Gasteiger partial charge on any atom is -0.328 e. The van der Waals surface area contributed by atoms with Crippen molar-refractivity contribution in [2.24, 2.45) is 11.8 Å². The summed E-state index contributed by atoms with van der Waals surface area (Å²) in [4.78, 5) is 25.1. The molecule has 0 N–H and O–H groups in total. The Morgan fingerprint density at radius 1 is 1.09 bits per heavy atom. The number of hydrogen-bond acceptors (Lipinski definition) is 5. The van der Waals surface area contributed by atoms with E-state index in [9.17, 15) is 4.79 Å². The third kappa shape index (κ3) is 3.45. The zero-order chi connectivity index (χ0) is 22.9. The molecule has 0 saturated carbocycles. The highest BCUT2D eigenvalue weighted by molar-refractivity contribution is 6.31. The first kappa shape index (κ1) is 21.1. The van der Waals surface area contributed by atoms with Crippen LogP contribution in [0.25, 0.3) is 5.65 Å². The fourth-order valence-electron chi connectivity index (χ4n) is 5.99. The quantitative estimate of drug-likeness (QED) is 0.596. The molecule has 6 rings (SSSR count). The first-order chi connectivity index (χ1) is 15.9. The van der Waals surface area contributed by atoms with Crippen LogP contribution < -0.4 is 0 Å². The standard InChI is InChI=1S/C25H29ClN6O/c1-15-23(26)16(2)32-24(27-15)21-13-31(14-22(21)28-32)25(33)20-7-5-4-6-17(20)10-30-11-18-8-29(3)9-19(18)12-30/h4-7,18-19H,8-14H2,1-3H3/t18-,19+. The number of fused-ring (bicyclic) bond motifs is 4. The van der Waals surface area contributed by atoms with E-state index >= 15 is 0 Å². The summed E-state index contributed by atoms with van der Waals surface area (Å²) in [5.74, 6) is 1.59. The molecule has 1 aromatic carbocycles. The van der Waals surface area contributed by atoms with Crippen molar-refractivity contribution in [1.82, 2.24) is 29.3 Å². The van der Waals surface area contributed by atoms with Gasteiger partial charge < -0.3 is 9.80 Å². The smallest absolute Gasteiger partial charge is 0.254 e. The van der Waals surface area contributed by atoms with Gasteiger partial charge in [-0.05, 0) is 44.4 Å². The molecule has 0 bridgehead atoms. The molecule has 33 heavy (non-hydrogen) atoms. The third-order valence-electron chi connectivity index (χ3n) is 7.63. The Hall–Kier alpha value is -2.48. The van der Waals surface area contributed by atoms with Crippen molar-refractivity contribution in [1.29, 1.82) is 0 Å². The maximum Gasteiger partial charge on any atom is 0.254 e. The summed E-state index contributed by atoms with van der Waals surface area (Å²) in [5, 5.41) is 5.37. The van der Waals surface area contributed by atoms with Gasteiger partial charge >= 0.3 is 0 Å². The van der Waals surface area contributed by atoms with Gasteiger partial charge in [0.2, 0.25) is 0 Å². The van der Waals surface area contributed by atoms with Crippen molar-refractivity contribution < 1.29 is 4.79 Å². The fraction of sp³-hybridized carbons (Fsp3) is 0.480. The first-order valence-electron chi connectivity index (χ1n) is 11.7. The average molecular weight is 465 g/mol. The normalized spacial score (nSPS) is 23.0. The Labute approximate surface area is 198 Å². The van der Waals surface area contributed by atoms with E-state index in [4.69, 9.17) is 16.7 Å². The molecule has 8 heteroatoms. The number of halogens is 1. The zero-order valence-corrected chi connectivity index (χ0v) is 20.1. The molecule has 2 atom stereocenters. The Morgan fingerprint density at radius 2 is 1.82 bits per heavy atom. The minimum absolute atomic E-state index is 0.0725. The number of carbonyl (C=O) groups excluding carboxylic acids is 1. The van der Waals surface area contributed by atoms with Crippen LogP contribution in [0, 0.1) is 25.7 Å². The van der Waals surface area contributed by atoms with E-state index in [2.05, 4.69) is 27.9 Å². The number of likely N-dealkylation sites (tertiary alicyclic amines) is 2. The molecule has 0 spiro atoms. The van der Waals surface area contributed by atoms with Gasteiger partial charge in [-0.1, -0.05) is 29.8 Å². The molecule has 0 unspecified atom stereocenters. The van der Waals surface area contributed by atoms with E-state index in [1.54, 1.807) is 0 Å². The van der Waals surface area contributed by atoms with Crippen molar-refractivity contribution in [3.63, 3.8) is 0 Å². The molecule has 2 aromatic heterocycles. The van der Waals surface area contributed by atoms with Gasteiger partial charge in [-0.25, -0.2) is 9.50 Å². The molecule has 1 amide bonds. The lowest BCUT2D eigenvalue weighted by Gasteiger charge is -2.22. The van der Waals surface area contributed by atoms with Gasteiger partial charge in [0.25, 0.3) is 5.91 Å². The molecular formula is C25H29ClN6O. The molecule has 2 saturated heterocycles. The van der Waals surface area contributed by atoms with E-state index in [0.29, 0.717) is 18.1 Å². The van der Waals surface area contributed by atoms with Gasteiger partial charge in [0, 0.05) is 43.9 Å². The van der Waals surface area contributed by atoms with Crippen LogP contribution in [0.3, 0.4) is 0 Å². The Kier molecular flexibility index (Phi) is 4.98. The second kappa shape index (κ2) is 7.79. The summed E-state index contributed by atoms with van der Waals surface area (Å²) in [6.07, 6.45) is 0. The van der Waals surface area contributed by atoms with Crippen LogP contribution in [-0.4, -0.2) is 68.4 Å². The number of amides is 1. The van der Waals surface area contributed by atoms with Crippen molar-refractivity contribution in [3.05, 3.63) is 63.1 Å². The molecular weight excluding hydrogens is 436 g/mol. The Balaban J connectivity index is 1.22. The number of hydrogen-bond donors (Lipinski definition) is 0. The highest BCUT2D eigenvalue weighted by Crippen LogP contribution is 2.33. The van der Waals surface area contributed by atoms with Gasteiger partial charge in [-0.2, -0.15) is 5.10 Å². The van der Waals surface area contributed by atoms with Gasteiger partial charge in [0.05, 0.1) is 35.2 Å². The van der Waals surface area contributed by atoms with Gasteiger partial charge in [-0.3, -0.25) is 9.69 Å². The molecule has 0 radical (unpaired) electrons. The van der Waals surface area contributed by atoms with E-state index in [-0.39, 0.29) is 5.91 Å². The number of rotatable bonds is 3. The summed E-state index contributed by atoms with van der Waals surface area (Å²) in [6.45, 7) is 10.3. The Morgan fingerprint density at radius 3 is 2.58 bits per heavy atom. The highest BCUT2D eigenvalue weighted by atomic mass is 35.5. The number of benzene rings is 1. The molecule has 172 valence electrons. The summed E-state index contributed by atoms with van der Waals surface area (Å²) in [6, 6.07) is 8.09. The molecule has 2 fully saturated rings. The molecule has 3 aliphatic heterocycles. The minimum atomic E-state index is 0.0725. The van der Waals surface area contributed by atoms with Crippen LogP contribution in [0.15, 0.2) is 24.3 Å². The van der Waals surface area contributed by atoms with E-state index < -0.39 is 0 Å². The summed E-state index contributed by atoms with van der Waals surface area (Å²) < 4.78 is 1.82. The Bertz CT molecular complexity index is 1260. The van der Waals surface area contributed by atoms with Gasteiger partial charge in [0.15, 0.2) is 5.65 Å². The molecule has 5 heterocycles. The lowest BCUT2D eigenvalue weighted by Crippen LogP contribution is -2.30. The lowest BCUT2D eigenvalue weighted by molar-refractivity contribution is 0.0747. The summed E-state index contributed by atoms with van der Waals surface area (Å²) in [7, 11) is 2.22. The number of aromatic nitrogens is 3. The van der Waals surface area contributed by atoms with Crippen LogP contribution in [0.1, 0.15) is 38.6 Å². The van der Waals surface area contributed by atoms with Gasteiger partial charge in [-0.15, -0.1) is 0 Å². The predicted molar refractivity (Wildman–Crippen MR) is 127 cm³/mol. The van der Waals surface area contributed by atoms with Crippen LogP contribution in [-0.2, 0) is 19.6 Å². The maximum absolute atomic E-state index is 13.6.